The van der Waals surface area contributed by atoms with E-state index in [1.807, 2.05) is 35.7 Å². The van der Waals surface area contributed by atoms with Gasteiger partial charge < -0.3 is 21.1 Å². The van der Waals surface area contributed by atoms with E-state index in [-0.39, 0.29) is 12.5 Å². The van der Waals surface area contributed by atoms with E-state index in [0.29, 0.717) is 29.5 Å². The highest BCUT2D eigenvalue weighted by molar-refractivity contribution is 7.14. The van der Waals surface area contributed by atoms with Crippen LogP contribution >= 0.6 is 11.3 Å². The second-order valence-corrected chi connectivity index (χ2v) is 8.34. The molecular formula is C23H23N5O4S. The quantitative estimate of drug-likeness (QED) is 0.506. The summed E-state index contributed by atoms with van der Waals surface area (Å²) in [6.07, 6.45) is 0.799. The summed E-state index contributed by atoms with van der Waals surface area (Å²) < 4.78 is 5.40. The molecule has 3 aromatic rings. The molecule has 4 N–H and O–H groups in total. The van der Waals surface area contributed by atoms with Crippen LogP contribution in [0.4, 0.5) is 20.4 Å². The van der Waals surface area contributed by atoms with Crippen molar-refractivity contribution in [1.29, 1.82) is 0 Å². The van der Waals surface area contributed by atoms with E-state index < -0.39 is 18.2 Å². The Morgan fingerprint density at radius 2 is 1.85 bits per heavy atom. The van der Waals surface area contributed by atoms with E-state index in [4.69, 9.17) is 10.5 Å². The van der Waals surface area contributed by atoms with E-state index in [1.54, 1.807) is 24.3 Å². The Balaban J connectivity index is 1.35. The minimum atomic E-state index is -0.633. The lowest BCUT2D eigenvalue weighted by Gasteiger charge is -2.22. The molecule has 1 saturated heterocycles. The van der Waals surface area contributed by atoms with Crippen LogP contribution in [0.5, 0.6) is 0 Å². The first-order chi connectivity index (χ1) is 16.0. The van der Waals surface area contributed by atoms with Crippen molar-refractivity contribution in [3.63, 3.8) is 0 Å². The first kappa shape index (κ1) is 22.3. The minimum absolute atomic E-state index is 0.161. The number of thiazole rings is 1. The zero-order valence-corrected chi connectivity index (χ0v) is 18.5. The SMILES string of the molecule is NC(=O)Nc1ccc(-c2csc(NC(=O)C3CCCN3C(=O)OCc3ccccc3)n2)cc1. The van der Waals surface area contributed by atoms with Crippen LogP contribution in [0.1, 0.15) is 18.4 Å². The van der Waals surface area contributed by atoms with Crippen molar-refractivity contribution in [2.45, 2.75) is 25.5 Å². The summed E-state index contributed by atoms with van der Waals surface area (Å²) in [5.41, 5.74) is 8.10. The van der Waals surface area contributed by atoms with Gasteiger partial charge in [0.05, 0.1) is 5.69 Å². The highest BCUT2D eigenvalue weighted by Crippen LogP contribution is 2.27. The van der Waals surface area contributed by atoms with E-state index in [9.17, 15) is 14.4 Å². The molecule has 1 aliphatic heterocycles. The fraction of sp³-hybridized carbons (Fsp3) is 0.217. The van der Waals surface area contributed by atoms with Gasteiger partial charge in [0.1, 0.15) is 12.6 Å². The molecule has 1 fully saturated rings. The van der Waals surface area contributed by atoms with Gasteiger partial charge in [-0.05, 0) is 30.5 Å². The van der Waals surface area contributed by atoms with Gasteiger partial charge in [-0.3, -0.25) is 9.69 Å². The van der Waals surface area contributed by atoms with Crippen molar-refractivity contribution in [3.8, 4) is 11.3 Å². The number of amides is 4. The first-order valence-corrected chi connectivity index (χ1v) is 11.3. The average Bonchev–Trinajstić information content (AvgIpc) is 3.48. The molecule has 0 radical (unpaired) electrons. The molecule has 10 heteroatoms. The molecule has 0 saturated carbocycles. The van der Waals surface area contributed by atoms with Gasteiger partial charge in [-0.1, -0.05) is 42.5 Å². The van der Waals surface area contributed by atoms with Gasteiger partial charge in [-0.25, -0.2) is 14.6 Å². The van der Waals surface area contributed by atoms with Crippen molar-refractivity contribution < 1.29 is 19.1 Å². The second kappa shape index (κ2) is 10.1. The third kappa shape index (κ3) is 5.66. The van der Waals surface area contributed by atoms with Gasteiger partial charge in [-0.2, -0.15) is 0 Å². The normalized spacial score (nSPS) is 15.2. The fourth-order valence-corrected chi connectivity index (χ4v) is 4.30. The van der Waals surface area contributed by atoms with Crippen LogP contribution in [0.2, 0.25) is 0 Å². The third-order valence-corrected chi connectivity index (χ3v) is 5.94. The standard InChI is InChI=1S/C23H23N5O4S/c24-21(30)25-17-10-8-16(9-11-17)18-14-33-22(26-18)27-20(29)19-7-4-12-28(19)23(31)32-13-15-5-2-1-3-6-15/h1-3,5-6,8-11,14,19H,4,7,12-13H2,(H3,24,25,30)(H,26,27,29). The van der Waals surface area contributed by atoms with Crippen LogP contribution in [0.15, 0.2) is 60.0 Å². The molecule has 33 heavy (non-hydrogen) atoms. The average molecular weight is 466 g/mol. The number of nitrogens with one attached hydrogen (secondary N) is 2. The van der Waals surface area contributed by atoms with Gasteiger partial charge in [0, 0.05) is 23.2 Å². The minimum Gasteiger partial charge on any atom is -0.445 e. The summed E-state index contributed by atoms with van der Waals surface area (Å²) in [5, 5.41) is 7.58. The lowest BCUT2D eigenvalue weighted by molar-refractivity contribution is -0.120. The van der Waals surface area contributed by atoms with Gasteiger partial charge in [0.2, 0.25) is 5.91 Å². The molecule has 9 nitrogen and oxygen atoms in total. The molecule has 0 bridgehead atoms. The van der Waals surface area contributed by atoms with Crippen LogP contribution in [-0.2, 0) is 16.1 Å². The number of rotatable bonds is 6. The van der Waals surface area contributed by atoms with E-state index >= 15 is 0 Å². The largest absolute Gasteiger partial charge is 0.445 e. The number of hydrogen-bond acceptors (Lipinski definition) is 6. The molecule has 0 aliphatic carbocycles. The molecule has 2 aromatic carbocycles. The number of aromatic nitrogens is 1. The molecular weight excluding hydrogens is 442 g/mol. The van der Waals surface area contributed by atoms with Crippen LogP contribution < -0.4 is 16.4 Å². The molecule has 4 amide bonds. The molecule has 1 unspecified atom stereocenters. The number of urea groups is 1. The van der Waals surface area contributed by atoms with E-state index in [2.05, 4.69) is 15.6 Å². The Labute approximate surface area is 194 Å². The summed E-state index contributed by atoms with van der Waals surface area (Å²) in [6.45, 7) is 0.634. The molecule has 170 valence electrons. The molecule has 1 aliphatic rings. The lowest BCUT2D eigenvalue weighted by atomic mass is 10.1. The predicted octanol–water partition coefficient (Wildman–Crippen LogP) is 4.04. The molecule has 4 rings (SSSR count). The van der Waals surface area contributed by atoms with Crippen LogP contribution in [0, 0.1) is 0 Å². The number of ether oxygens (including phenoxy) is 1. The van der Waals surface area contributed by atoms with E-state index in [0.717, 1.165) is 17.5 Å². The summed E-state index contributed by atoms with van der Waals surface area (Å²) in [5.74, 6) is -0.286. The topological polar surface area (TPSA) is 127 Å². The van der Waals surface area contributed by atoms with Crippen LogP contribution in [0.3, 0.4) is 0 Å². The molecule has 0 spiro atoms. The number of carbonyl (C=O) groups is 3. The van der Waals surface area contributed by atoms with Gasteiger partial charge >= 0.3 is 12.1 Å². The number of nitrogens with two attached hydrogens (primary N) is 1. The second-order valence-electron chi connectivity index (χ2n) is 7.49. The van der Waals surface area contributed by atoms with Gasteiger partial charge in [0.15, 0.2) is 5.13 Å². The smallest absolute Gasteiger partial charge is 0.410 e. The van der Waals surface area contributed by atoms with Gasteiger partial charge in [0.25, 0.3) is 0 Å². The number of nitrogens with zero attached hydrogens (tertiary/aromatic N) is 2. The number of anilines is 2. The summed E-state index contributed by atoms with van der Waals surface area (Å²) >= 11 is 1.30. The van der Waals surface area contributed by atoms with Crippen molar-refractivity contribution in [3.05, 3.63) is 65.5 Å². The van der Waals surface area contributed by atoms with Crippen LogP contribution in [-0.4, -0.2) is 40.5 Å². The summed E-state index contributed by atoms with van der Waals surface area (Å²) in [7, 11) is 0. The Morgan fingerprint density at radius 1 is 1.09 bits per heavy atom. The van der Waals surface area contributed by atoms with Gasteiger partial charge in [-0.15, -0.1) is 11.3 Å². The number of benzene rings is 2. The van der Waals surface area contributed by atoms with Crippen LogP contribution in [0.25, 0.3) is 11.3 Å². The number of hydrogen-bond donors (Lipinski definition) is 3. The van der Waals surface area contributed by atoms with Crippen molar-refractivity contribution in [1.82, 2.24) is 9.88 Å². The molecule has 1 aromatic heterocycles. The van der Waals surface area contributed by atoms with E-state index in [1.165, 1.54) is 16.2 Å². The number of carbonyl (C=O) groups excluding carboxylic acids is 3. The Bertz CT molecular complexity index is 1130. The fourth-order valence-electron chi connectivity index (χ4n) is 3.58. The maximum atomic E-state index is 12.9. The summed E-state index contributed by atoms with van der Waals surface area (Å²) in [4.78, 5) is 42.3. The van der Waals surface area contributed by atoms with Crippen molar-refractivity contribution in [2.75, 3.05) is 17.2 Å². The number of primary amides is 1. The Morgan fingerprint density at radius 3 is 2.58 bits per heavy atom. The Kier molecular flexibility index (Phi) is 6.84. The van der Waals surface area contributed by atoms with Crippen molar-refractivity contribution >= 4 is 40.2 Å². The summed E-state index contributed by atoms with van der Waals surface area (Å²) in [6, 6.07) is 15.2. The predicted molar refractivity (Wildman–Crippen MR) is 126 cm³/mol. The zero-order valence-electron chi connectivity index (χ0n) is 17.7. The maximum absolute atomic E-state index is 12.9. The first-order valence-electron chi connectivity index (χ1n) is 10.4. The monoisotopic (exact) mass is 465 g/mol. The highest BCUT2D eigenvalue weighted by atomic mass is 32.1. The zero-order chi connectivity index (χ0) is 23.2. The lowest BCUT2D eigenvalue weighted by Crippen LogP contribution is -2.43. The number of likely N-dealkylation sites (tertiary alicyclic amines) is 1. The maximum Gasteiger partial charge on any atom is 0.410 e. The van der Waals surface area contributed by atoms with Crippen molar-refractivity contribution in [2.24, 2.45) is 5.73 Å². The highest BCUT2D eigenvalue weighted by Gasteiger charge is 2.35. The molecule has 1 atom stereocenters. The Hall–Kier alpha value is -3.92. The molecule has 2 heterocycles. The third-order valence-electron chi connectivity index (χ3n) is 5.18.